The van der Waals surface area contributed by atoms with Crippen molar-refractivity contribution in [2.45, 2.75) is 37.8 Å². The van der Waals surface area contributed by atoms with E-state index in [2.05, 4.69) is 14.8 Å². The van der Waals surface area contributed by atoms with Gasteiger partial charge in [-0.15, -0.1) is 0 Å². The number of ether oxygens (including phenoxy) is 2. The van der Waals surface area contributed by atoms with Crippen molar-refractivity contribution in [2.75, 3.05) is 38.4 Å². The average Bonchev–Trinajstić information content (AvgIpc) is 2.61. The number of alkyl halides is 6. The average molecular weight is 426 g/mol. The van der Waals surface area contributed by atoms with Crippen LogP contribution in [0.5, 0.6) is 0 Å². The molecule has 1 aromatic rings. The van der Waals surface area contributed by atoms with Crippen LogP contribution < -0.4 is 10.2 Å². The van der Waals surface area contributed by atoms with E-state index in [1.165, 1.54) is 12.1 Å². The molecule has 1 atom stereocenters. The highest BCUT2D eigenvalue weighted by atomic mass is 19.4. The van der Waals surface area contributed by atoms with Crippen LogP contribution in [0.1, 0.15) is 25.0 Å². The second-order valence-electron chi connectivity index (χ2n) is 6.75. The molecule has 0 bridgehead atoms. The van der Waals surface area contributed by atoms with Crippen molar-refractivity contribution in [3.63, 3.8) is 0 Å². The third-order valence-corrected chi connectivity index (χ3v) is 4.78. The predicted octanol–water partition coefficient (Wildman–Crippen LogP) is 4.46. The molecule has 1 fully saturated rings. The molecular weight excluding hydrogens is 402 g/mol. The van der Waals surface area contributed by atoms with Gasteiger partial charge in [-0.2, -0.15) is 26.3 Å². The van der Waals surface area contributed by atoms with Crippen molar-refractivity contribution in [3.05, 3.63) is 35.4 Å². The number of piperazine rings is 1. The van der Waals surface area contributed by atoms with Crippen LogP contribution in [0, 0.1) is 0 Å². The summed E-state index contributed by atoms with van der Waals surface area (Å²) in [5.41, 5.74) is -4.74. The molecule has 164 valence electrons. The molecule has 0 amide bonds. The molecule has 1 aliphatic heterocycles. The molecule has 2 rings (SSSR count). The van der Waals surface area contributed by atoms with Crippen LogP contribution in [-0.2, 0) is 15.1 Å². The summed E-state index contributed by atoms with van der Waals surface area (Å²) in [4.78, 5) is 1.95. The Bertz CT molecular complexity index is 704. The fourth-order valence-electron chi connectivity index (χ4n) is 3.43. The lowest BCUT2D eigenvalue weighted by Gasteiger charge is -2.39. The smallest absolute Gasteiger partial charge is 0.366 e. The van der Waals surface area contributed by atoms with Crippen molar-refractivity contribution >= 4 is 11.8 Å². The summed E-state index contributed by atoms with van der Waals surface area (Å²) in [6, 6.07) is 3.03. The topological polar surface area (TPSA) is 33.7 Å². The molecule has 0 aliphatic carbocycles. The molecule has 29 heavy (non-hydrogen) atoms. The minimum atomic E-state index is -5.75. The van der Waals surface area contributed by atoms with Gasteiger partial charge in [-0.3, -0.25) is 0 Å². The van der Waals surface area contributed by atoms with Gasteiger partial charge in [-0.05, 0) is 31.5 Å². The molecule has 0 radical (unpaired) electrons. The SMILES string of the molecule is C/C=C\c1cc(C(OCOC)(C(F)(F)F)C(F)(F)F)ccc1N1CCNC[C@H]1C. The number of rotatable bonds is 6. The van der Waals surface area contributed by atoms with E-state index in [1.807, 2.05) is 11.8 Å². The van der Waals surface area contributed by atoms with Gasteiger partial charge in [-0.25, -0.2) is 0 Å². The number of hydrogen-bond donors (Lipinski definition) is 1. The predicted molar refractivity (Wildman–Crippen MR) is 97.6 cm³/mol. The zero-order valence-corrected chi connectivity index (χ0v) is 16.3. The molecule has 1 aromatic carbocycles. The fraction of sp³-hybridized carbons (Fsp3) is 0.579. The van der Waals surface area contributed by atoms with Gasteiger partial charge in [0.2, 0.25) is 0 Å². The number of hydrogen-bond acceptors (Lipinski definition) is 4. The molecule has 10 heteroatoms. The van der Waals surface area contributed by atoms with E-state index in [4.69, 9.17) is 0 Å². The molecule has 0 unspecified atom stereocenters. The largest absolute Gasteiger partial charge is 0.430 e. The van der Waals surface area contributed by atoms with E-state index in [-0.39, 0.29) is 11.6 Å². The lowest BCUT2D eigenvalue weighted by atomic mass is 9.89. The Balaban J connectivity index is 2.67. The molecule has 1 saturated heterocycles. The summed E-state index contributed by atoms with van der Waals surface area (Å²) >= 11 is 0. The Morgan fingerprint density at radius 1 is 1.17 bits per heavy atom. The number of methoxy groups -OCH3 is 1. The van der Waals surface area contributed by atoms with E-state index >= 15 is 0 Å². The van der Waals surface area contributed by atoms with Crippen LogP contribution >= 0.6 is 0 Å². The van der Waals surface area contributed by atoms with Gasteiger partial charge < -0.3 is 19.7 Å². The molecule has 0 saturated carbocycles. The maximum Gasteiger partial charge on any atom is 0.430 e. The Morgan fingerprint density at radius 2 is 1.83 bits per heavy atom. The lowest BCUT2D eigenvalue weighted by Crippen LogP contribution is -2.56. The fourth-order valence-corrected chi connectivity index (χ4v) is 3.43. The Labute approximate surface area is 165 Å². The zero-order valence-electron chi connectivity index (χ0n) is 16.3. The van der Waals surface area contributed by atoms with Gasteiger partial charge in [-0.1, -0.05) is 18.2 Å². The first-order chi connectivity index (χ1) is 13.5. The number of anilines is 1. The summed E-state index contributed by atoms with van der Waals surface area (Å²) in [5, 5.41) is 3.19. The van der Waals surface area contributed by atoms with Gasteiger partial charge in [0, 0.05) is 44.0 Å². The number of benzene rings is 1. The Morgan fingerprint density at radius 3 is 2.34 bits per heavy atom. The molecule has 0 aromatic heterocycles. The lowest BCUT2D eigenvalue weighted by molar-refractivity contribution is -0.400. The van der Waals surface area contributed by atoms with Crippen molar-refractivity contribution in [1.29, 1.82) is 0 Å². The Hall–Kier alpha value is -1.78. The van der Waals surface area contributed by atoms with E-state index in [1.54, 1.807) is 13.0 Å². The number of halogens is 6. The van der Waals surface area contributed by atoms with Gasteiger partial charge >= 0.3 is 12.4 Å². The summed E-state index contributed by atoms with van der Waals surface area (Å²) in [7, 11) is 0.956. The molecular formula is C19H24F6N2O2. The monoisotopic (exact) mass is 426 g/mol. The highest BCUT2D eigenvalue weighted by Crippen LogP contribution is 2.53. The van der Waals surface area contributed by atoms with Gasteiger partial charge in [0.15, 0.2) is 0 Å². The maximum absolute atomic E-state index is 13.8. The Kier molecular flexibility index (Phi) is 7.23. The van der Waals surface area contributed by atoms with Crippen LogP contribution in [0.2, 0.25) is 0 Å². The van der Waals surface area contributed by atoms with Crippen LogP contribution in [0.15, 0.2) is 24.3 Å². The van der Waals surface area contributed by atoms with Crippen molar-refractivity contribution in [3.8, 4) is 0 Å². The van der Waals surface area contributed by atoms with Crippen LogP contribution in [0.3, 0.4) is 0 Å². The van der Waals surface area contributed by atoms with Gasteiger partial charge in [0.25, 0.3) is 5.60 Å². The highest BCUT2D eigenvalue weighted by molar-refractivity contribution is 5.69. The summed E-state index contributed by atoms with van der Waals surface area (Å²) in [6.45, 7) is 4.29. The first-order valence-electron chi connectivity index (χ1n) is 9.00. The van der Waals surface area contributed by atoms with Crippen molar-refractivity contribution in [1.82, 2.24) is 5.32 Å². The second kappa shape index (κ2) is 8.93. The van der Waals surface area contributed by atoms with Crippen LogP contribution in [0.25, 0.3) is 6.08 Å². The number of nitrogens with one attached hydrogen (secondary N) is 1. The summed E-state index contributed by atoms with van der Waals surface area (Å²) < 4.78 is 91.3. The molecule has 1 aliphatic rings. The quantitative estimate of drug-likeness (QED) is 0.538. The van der Waals surface area contributed by atoms with E-state index < -0.39 is 30.3 Å². The highest BCUT2D eigenvalue weighted by Gasteiger charge is 2.73. The molecule has 0 spiro atoms. The van der Waals surface area contributed by atoms with Crippen molar-refractivity contribution in [2.24, 2.45) is 0 Å². The van der Waals surface area contributed by atoms with E-state index in [0.29, 0.717) is 25.3 Å². The second-order valence-corrected chi connectivity index (χ2v) is 6.75. The third-order valence-electron chi connectivity index (χ3n) is 4.78. The normalized spacial score (nSPS) is 19.2. The standard InChI is InChI=1S/C19H24F6N2O2/c1-4-5-14-10-15(6-7-16(14)27-9-8-26-11-13(27)2)17(18(20,21)22,19(23,24)25)29-12-28-3/h4-7,10,13,26H,8-9,11-12H2,1-3H3/b5-4-/t13-/m1/s1. The summed E-state index contributed by atoms with van der Waals surface area (Å²) in [6.07, 6.45) is -8.45. The molecule has 4 nitrogen and oxygen atoms in total. The van der Waals surface area contributed by atoms with Gasteiger partial charge in [0.1, 0.15) is 6.79 Å². The first-order valence-corrected chi connectivity index (χ1v) is 9.00. The van der Waals surface area contributed by atoms with Gasteiger partial charge in [0.05, 0.1) is 0 Å². The van der Waals surface area contributed by atoms with E-state index in [0.717, 1.165) is 19.2 Å². The number of nitrogens with zero attached hydrogens (tertiary/aromatic N) is 1. The number of allylic oxidation sites excluding steroid dienone is 1. The minimum absolute atomic E-state index is 0.0262. The maximum atomic E-state index is 13.8. The van der Waals surface area contributed by atoms with Crippen LogP contribution in [-0.4, -0.2) is 51.9 Å². The first kappa shape index (κ1) is 23.5. The van der Waals surface area contributed by atoms with Crippen molar-refractivity contribution < 1.29 is 35.8 Å². The van der Waals surface area contributed by atoms with E-state index in [9.17, 15) is 26.3 Å². The van der Waals surface area contributed by atoms with Crippen LogP contribution in [0.4, 0.5) is 32.0 Å². The molecule has 1 N–H and O–H groups in total. The molecule has 1 heterocycles. The summed E-state index contributed by atoms with van der Waals surface area (Å²) in [5.74, 6) is 0. The minimum Gasteiger partial charge on any atom is -0.366 e. The third kappa shape index (κ3) is 4.54. The zero-order chi connectivity index (χ0) is 21.9.